The Morgan fingerprint density at radius 2 is 2.00 bits per heavy atom. The van der Waals surface area contributed by atoms with Gasteiger partial charge in [0.15, 0.2) is 5.96 Å². The van der Waals surface area contributed by atoms with Crippen molar-refractivity contribution >= 4 is 5.96 Å². The van der Waals surface area contributed by atoms with E-state index in [9.17, 15) is 5.11 Å². The Morgan fingerprint density at radius 3 is 2.61 bits per heavy atom. The third kappa shape index (κ3) is 6.33. The molecule has 7 heteroatoms. The summed E-state index contributed by atoms with van der Waals surface area (Å²) in [5, 5.41) is 16.7. The molecule has 0 spiro atoms. The molecule has 0 saturated heterocycles. The number of hydrogen-bond donors (Lipinski definition) is 3. The van der Waals surface area contributed by atoms with Crippen LogP contribution in [0.3, 0.4) is 0 Å². The van der Waals surface area contributed by atoms with Gasteiger partial charge in [0, 0.05) is 25.8 Å². The molecule has 0 aliphatic heterocycles. The van der Waals surface area contributed by atoms with Crippen molar-refractivity contribution in [1.29, 1.82) is 0 Å². The Morgan fingerprint density at radius 1 is 1.22 bits per heavy atom. The van der Waals surface area contributed by atoms with Gasteiger partial charge in [0.25, 0.3) is 0 Å². The van der Waals surface area contributed by atoms with Gasteiger partial charge in [0.1, 0.15) is 17.6 Å². The highest BCUT2D eigenvalue weighted by atomic mass is 16.5. The number of aliphatic imine (C=N–C) groups is 1. The molecule has 1 aromatic rings. The van der Waals surface area contributed by atoms with Gasteiger partial charge in [0.2, 0.25) is 0 Å². The van der Waals surface area contributed by atoms with Crippen LogP contribution in [0.2, 0.25) is 0 Å². The first-order chi connectivity index (χ1) is 11.2. The number of ether oxygens (including phenoxy) is 3. The molecule has 0 bridgehead atoms. The van der Waals surface area contributed by atoms with Crippen LogP contribution < -0.4 is 20.1 Å². The van der Waals surface area contributed by atoms with Gasteiger partial charge in [-0.25, -0.2) is 0 Å². The Labute approximate surface area is 137 Å². The zero-order valence-electron chi connectivity index (χ0n) is 14.3. The molecule has 0 aliphatic rings. The topological polar surface area (TPSA) is 84.3 Å². The SMILES string of the molecule is CCNC(=NCC(O)c1cc(OC)ccc1OC)NCCOC. The summed E-state index contributed by atoms with van der Waals surface area (Å²) in [7, 11) is 4.79. The summed E-state index contributed by atoms with van der Waals surface area (Å²) in [6.45, 7) is 4.13. The zero-order valence-corrected chi connectivity index (χ0v) is 14.3. The van der Waals surface area contributed by atoms with E-state index in [2.05, 4.69) is 15.6 Å². The largest absolute Gasteiger partial charge is 0.497 e. The fraction of sp³-hybridized carbons (Fsp3) is 0.562. The lowest BCUT2D eigenvalue weighted by Gasteiger charge is -2.16. The summed E-state index contributed by atoms with van der Waals surface area (Å²) in [5.41, 5.74) is 0.642. The Balaban J connectivity index is 2.79. The molecule has 1 rings (SSSR count). The Bertz CT molecular complexity index is 494. The highest BCUT2D eigenvalue weighted by molar-refractivity contribution is 5.79. The standard InChI is InChI=1S/C16H27N3O4/c1-5-17-16(18-8-9-21-2)19-11-14(20)13-10-12(22-3)6-7-15(13)23-4/h6-7,10,14,20H,5,8-9,11H2,1-4H3,(H2,17,18,19). The summed E-state index contributed by atoms with van der Waals surface area (Å²) < 4.78 is 15.5. The van der Waals surface area contributed by atoms with Gasteiger partial charge < -0.3 is 30.0 Å². The first kappa shape index (κ1) is 19.1. The minimum absolute atomic E-state index is 0.200. The second kappa shape index (κ2) is 10.7. The normalized spacial score (nSPS) is 12.7. The van der Waals surface area contributed by atoms with Crippen molar-refractivity contribution in [2.24, 2.45) is 4.99 Å². The van der Waals surface area contributed by atoms with Crippen molar-refractivity contribution in [1.82, 2.24) is 10.6 Å². The van der Waals surface area contributed by atoms with Gasteiger partial charge in [-0.05, 0) is 25.1 Å². The number of rotatable bonds is 9. The molecule has 7 nitrogen and oxygen atoms in total. The van der Waals surface area contributed by atoms with E-state index in [0.29, 0.717) is 36.2 Å². The molecule has 23 heavy (non-hydrogen) atoms. The fourth-order valence-corrected chi connectivity index (χ4v) is 1.99. The predicted octanol–water partition coefficient (Wildman–Crippen LogP) is 0.939. The molecule has 130 valence electrons. The van der Waals surface area contributed by atoms with Crippen LogP contribution in [0.25, 0.3) is 0 Å². The molecule has 0 heterocycles. The number of guanidine groups is 1. The Kier molecular flexibility index (Phi) is 8.86. The first-order valence-electron chi connectivity index (χ1n) is 7.57. The van der Waals surface area contributed by atoms with Gasteiger partial charge >= 0.3 is 0 Å². The smallest absolute Gasteiger partial charge is 0.191 e. The van der Waals surface area contributed by atoms with Gasteiger partial charge in [-0.2, -0.15) is 0 Å². The molecule has 0 radical (unpaired) electrons. The van der Waals surface area contributed by atoms with Gasteiger partial charge in [-0.3, -0.25) is 4.99 Å². The van der Waals surface area contributed by atoms with Crippen molar-refractivity contribution in [3.8, 4) is 11.5 Å². The minimum Gasteiger partial charge on any atom is -0.497 e. The third-order valence-corrected chi connectivity index (χ3v) is 3.16. The van der Waals surface area contributed by atoms with Crippen molar-refractivity contribution in [2.45, 2.75) is 13.0 Å². The van der Waals surface area contributed by atoms with Gasteiger partial charge in [-0.1, -0.05) is 0 Å². The lowest BCUT2D eigenvalue weighted by atomic mass is 10.1. The maximum absolute atomic E-state index is 10.4. The number of aliphatic hydroxyl groups is 1. The second-order valence-electron chi connectivity index (χ2n) is 4.76. The molecule has 1 atom stereocenters. The molecule has 0 aliphatic carbocycles. The third-order valence-electron chi connectivity index (χ3n) is 3.16. The second-order valence-corrected chi connectivity index (χ2v) is 4.76. The highest BCUT2D eigenvalue weighted by Gasteiger charge is 2.14. The van der Waals surface area contributed by atoms with Crippen LogP contribution in [-0.2, 0) is 4.74 Å². The lowest BCUT2D eigenvalue weighted by Crippen LogP contribution is -2.39. The van der Waals surface area contributed by atoms with Crippen LogP contribution >= 0.6 is 0 Å². The van der Waals surface area contributed by atoms with Crippen LogP contribution in [0.5, 0.6) is 11.5 Å². The number of hydrogen-bond acceptors (Lipinski definition) is 5. The van der Waals surface area contributed by atoms with E-state index < -0.39 is 6.10 Å². The summed E-state index contributed by atoms with van der Waals surface area (Å²) >= 11 is 0. The van der Waals surface area contributed by atoms with E-state index in [-0.39, 0.29) is 6.54 Å². The molecule has 1 unspecified atom stereocenters. The van der Waals surface area contributed by atoms with E-state index in [1.807, 2.05) is 6.92 Å². The molecule has 0 aromatic heterocycles. The molecular weight excluding hydrogens is 298 g/mol. The van der Waals surface area contributed by atoms with Crippen molar-refractivity contribution in [2.75, 3.05) is 47.6 Å². The van der Waals surface area contributed by atoms with E-state index in [0.717, 1.165) is 6.54 Å². The average molecular weight is 325 g/mol. The van der Waals surface area contributed by atoms with Crippen LogP contribution in [0.1, 0.15) is 18.6 Å². The predicted molar refractivity (Wildman–Crippen MR) is 90.4 cm³/mol. The first-order valence-corrected chi connectivity index (χ1v) is 7.57. The number of nitrogens with one attached hydrogen (secondary N) is 2. The van der Waals surface area contributed by atoms with Crippen molar-refractivity contribution in [3.63, 3.8) is 0 Å². The number of methoxy groups -OCH3 is 3. The molecular formula is C16H27N3O4. The highest BCUT2D eigenvalue weighted by Crippen LogP contribution is 2.29. The van der Waals surface area contributed by atoms with Crippen molar-refractivity contribution < 1.29 is 19.3 Å². The Hall–Kier alpha value is -1.99. The summed E-state index contributed by atoms with van der Waals surface area (Å²) in [5.74, 6) is 1.89. The van der Waals surface area contributed by atoms with Crippen LogP contribution in [0.4, 0.5) is 0 Å². The maximum Gasteiger partial charge on any atom is 0.191 e. The van der Waals surface area contributed by atoms with Crippen molar-refractivity contribution in [3.05, 3.63) is 23.8 Å². The number of nitrogens with zero attached hydrogens (tertiary/aromatic N) is 1. The monoisotopic (exact) mass is 325 g/mol. The molecule has 1 aromatic carbocycles. The minimum atomic E-state index is -0.794. The summed E-state index contributed by atoms with van der Waals surface area (Å²) in [6.07, 6.45) is -0.794. The summed E-state index contributed by atoms with van der Waals surface area (Å²) in [4.78, 5) is 4.38. The molecule has 0 saturated carbocycles. The number of aliphatic hydroxyl groups excluding tert-OH is 1. The zero-order chi connectivity index (χ0) is 17.1. The molecule has 3 N–H and O–H groups in total. The summed E-state index contributed by atoms with van der Waals surface area (Å²) in [6, 6.07) is 5.31. The van der Waals surface area contributed by atoms with E-state index in [1.54, 1.807) is 39.5 Å². The van der Waals surface area contributed by atoms with Crippen LogP contribution in [-0.4, -0.2) is 58.6 Å². The van der Waals surface area contributed by atoms with Gasteiger partial charge in [0.05, 0.1) is 27.4 Å². The van der Waals surface area contributed by atoms with E-state index in [1.165, 1.54) is 0 Å². The van der Waals surface area contributed by atoms with Crippen LogP contribution in [0, 0.1) is 0 Å². The number of benzene rings is 1. The van der Waals surface area contributed by atoms with Gasteiger partial charge in [-0.15, -0.1) is 0 Å². The fourth-order valence-electron chi connectivity index (χ4n) is 1.99. The average Bonchev–Trinajstić information content (AvgIpc) is 2.58. The quantitative estimate of drug-likeness (QED) is 0.356. The van der Waals surface area contributed by atoms with E-state index in [4.69, 9.17) is 14.2 Å². The maximum atomic E-state index is 10.4. The molecule has 0 amide bonds. The van der Waals surface area contributed by atoms with E-state index >= 15 is 0 Å². The van der Waals surface area contributed by atoms with Crippen LogP contribution in [0.15, 0.2) is 23.2 Å². The molecule has 0 fully saturated rings. The lowest BCUT2D eigenvalue weighted by molar-refractivity contribution is 0.181.